The summed E-state index contributed by atoms with van der Waals surface area (Å²) in [5, 5.41) is 4.24. The first-order valence-electron chi connectivity index (χ1n) is 9.16. The molecule has 1 fully saturated rings. The fourth-order valence-electron chi connectivity index (χ4n) is 3.05. The van der Waals surface area contributed by atoms with Crippen LogP contribution in [-0.2, 0) is 15.8 Å². The third-order valence-corrected chi connectivity index (χ3v) is 4.97. The van der Waals surface area contributed by atoms with Crippen molar-refractivity contribution >= 4 is 40.5 Å². The molecule has 0 aliphatic carbocycles. The lowest BCUT2D eigenvalue weighted by Crippen LogP contribution is -2.44. The van der Waals surface area contributed by atoms with Gasteiger partial charge in [0.1, 0.15) is 0 Å². The van der Waals surface area contributed by atoms with E-state index >= 15 is 0 Å². The maximum Gasteiger partial charge on any atom is 0.418 e. The third kappa shape index (κ3) is 5.43. The number of nitrogens with one attached hydrogen (secondary N) is 2. The number of hydrogen-bond acceptors (Lipinski definition) is 4. The molecule has 6 nitrogen and oxygen atoms in total. The molecule has 1 heterocycles. The zero-order valence-corrected chi connectivity index (χ0v) is 16.8. The fourth-order valence-corrected chi connectivity index (χ4v) is 3.22. The molecule has 0 saturated carbocycles. The highest BCUT2D eigenvalue weighted by molar-refractivity contribution is 6.43. The van der Waals surface area contributed by atoms with Crippen LogP contribution in [0.3, 0.4) is 0 Å². The minimum absolute atomic E-state index is 0.134. The van der Waals surface area contributed by atoms with Gasteiger partial charge in [-0.2, -0.15) is 13.2 Å². The van der Waals surface area contributed by atoms with Crippen LogP contribution in [0.5, 0.6) is 0 Å². The van der Waals surface area contributed by atoms with E-state index in [0.29, 0.717) is 11.8 Å². The van der Waals surface area contributed by atoms with Crippen LogP contribution in [0.4, 0.5) is 30.2 Å². The van der Waals surface area contributed by atoms with E-state index in [2.05, 4.69) is 22.2 Å². The summed E-state index contributed by atoms with van der Waals surface area (Å²) in [4.78, 5) is 28.6. The molecule has 2 aromatic carbocycles. The third-order valence-electron chi connectivity index (χ3n) is 4.74. The second kappa shape index (κ2) is 8.93. The van der Waals surface area contributed by atoms with Gasteiger partial charge in [0.05, 0.1) is 11.3 Å². The molecule has 3 rings (SSSR count). The normalized spacial score (nSPS) is 15.0. The number of benzene rings is 2. The Hall–Kier alpha value is -2.78. The summed E-state index contributed by atoms with van der Waals surface area (Å²) in [6, 6.07) is 9.80. The Morgan fingerprint density at radius 3 is 2.13 bits per heavy atom. The van der Waals surface area contributed by atoms with Crippen molar-refractivity contribution < 1.29 is 22.8 Å². The highest BCUT2D eigenvalue weighted by Crippen LogP contribution is 2.36. The van der Waals surface area contributed by atoms with Crippen molar-refractivity contribution in [2.24, 2.45) is 0 Å². The first kappa shape index (κ1) is 21.9. The number of anilines is 3. The van der Waals surface area contributed by atoms with Crippen molar-refractivity contribution in [1.29, 1.82) is 0 Å². The molecule has 0 spiro atoms. The number of likely N-dealkylation sites (N-methyl/N-ethyl adjacent to an activating group) is 1. The van der Waals surface area contributed by atoms with Crippen LogP contribution in [0.1, 0.15) is 5.56 Å². The van der Waals surface area contributed by atoms with E-state index in [-0.39, 0.29) is 5.02 Å². The van der Waals surface area contributed by atoms with Crippen LogP contribution < -0.4 is 15.5 Å². The van der Waals surface area contributed by atoms with E-state index in [1.807, 2.05) is 17.4 Å². The molecule has 0 aromatic heterocycles. The molecular weight excluding hydrogens is 421 g/mol. The van der Waals surface area contributed by atoms with E-state index in [1.54, 1.807) is 12.1 Å². The van der Waals surface area contributed by atoms with Crippen molar-refractivity contribution in [2.75, 3.05) is 48.8 Å². The Morgan fingerprint density at radius 2 is 1.53 bits per heavy atom. The van der Waals surface area contributed by atoms with Crippen LogP contribution in [0.15, 0.2) is 42.5 Å². The minimum Gasteiger partial charge on any atom is -0.369 e. The standard InChI is InChI=1S/C20H20ClF3N4O2/c1-27-8-10-28(11-9-27)15-5-3-14(4-6-15)25-18(29)19(30)26-17-7-2-13(21)12-16(17)20(22,23)24/h2-7,12H,8-11H2,1H3,(H,25,29)(H,26,30). The first-order chi connectivity index (χ1) is 14.1. The summed E-state index contributed by atoms with van der Waals surface area (Å²) < 4.78 is 39.4. The summed E-state index contributed by atoms with van der Waals surface area (Å²) in [5.41, 5.74) is -0.327. The molecule has 0 radical (unpaired) electrons. The SMILES string of the molecule is CN1CCN(c2ccc(NC(=O)C(=O)Nc3ccc(Cl)cc3C(F)(F)F)cc2)CC1. The quantitative estimate of drug-likeness (QED) is 0.714. The Labute approximate surface area is 176 Å². The summed E-state index contributed by atoms with van der Waals surface area (Å²) in [7, 11) is 2.06. The predicted molar refractivity (Wildman–Crippen MR) is 110 cm³/mol. The second-order valence-corrected chi connectivity index (χ2v) is 7.37. The molecule has 30 heavy (non-hydrogen) atoms. The van der Waals surface area contributed by atoms with Gasteiger partial charge in [0.15, 0.2) is 0 Å². The van der Waals surface area contributed by atoms with Crippen molar-refractivity contribution in [2.45, 2.75) is 6.18 Å². The summed E-state index contributed by atoms with van der Waals surface area (Å²) in [6.07, 6.45) is -4.73. The van der Waals surface area contributed by atoms with Crippen LogP contribution in [-0.4, -0.2) is 49.9 Å². The molecule has 2 amide bonds. The first-order valence-corrected chi connectivity index (χ1v) is 9.54. The van der Waals surface area contributed by atoms with Crippen molar-refractivity contribution in [1.82, 2.24) is 4.90 Å². The zero-order valence-electron chi connectivity index (χ0n) is 16.1. The molecule has 0 atom stereocenters. The monoisotopic (exact) mass is 440 g/mol. The summed E-state index contributed by atoms with van der Waals surface area (Å²) in [5.74, 6) is -2.30. The van der Waals surface area contributed by atoms with Gasteiger partial charge in [0, 0.05) is 42.6 Å². The van der Waals surface area contributed by atoms with Crippen LogP contribution in [0.25, 0.3) is 0 Å². The molecule has 10 heteroatoms. The minimum atomic E-state index is -4.73. The molecule has 0 unspecified atom stereocenters. The Kier molecular flexibility index (Phi) is 6.52. The maximum absolute atomic E-state index is 13.1. The number of hydrogen-bond donors (Lipinski definition) is 2. The zero-order chi connectivity index (χ0) is 21.9. The van der Waals surface area contributed by atoms with Crippen molar-refractivity contribution in [3.8, 4) is 0 Å². The van der Waals surface area contributed by atoms with Gasteiger partial charge < -0.3 is 20.4 Å². The molecular formula is C20H20ClF3N4O2. The van der Waals surface area contributed by atoms with Gasteiger partial charge >= 0.3 is 18.0 Å². The molecule has 1 aliphatic rings. The number of carbonyl (C=O) groups excluding carboxylic acids is 2. The Bertz CT molecular complexity index is 927. The van der Waals surface area contributed by atoms with Gasteiger partial charge in [-0.25, -0.2) is 0 Å². The summed E-state index contributed by atoms with van der Waals surface area (Å²) >= 11 is 5.61. The van der Waals surface area contributed by atoms with E-state index in [4.69, 9.17) is 11.6 Å². The van der Waals surface area contributed by atoms with Crippen LogP contribution >= 0.6 is 11.6 Å². The molecule has 2 N–H and O–H groups in total. The largest absolute Gasteiger partial charge is 0.418 e. The fraction of sp³-hybridized carbons (Fsp3) is 0.300. The van der Waals surface area contributed by atoms with Gasteiger partial charge in [-0.15, -0.1) is 0 Å². The molecule has 1 saturated heterocycles. The van der Waals surface area contributed by atoms with E-state index in [9.17, 15) is 22.8 Å². The summed E-state index contributed by atoms with van der Waals surface area (Å²) in [6.45, 7) is 3.66. The second-order valence-electron chi connectivity index (χ2n) is 6.93. The smallest absolute Gasteiger partial charge is 0.369 e. The lowest BCUT2D eigenvalue weighted by atomic mass is 10.1. The van der Waals surface area contributed by atoms with Gasteiger partial charge in [0.25, 0.3) is 0 Å². The predicted octanol–water partition coefficient (Wildman–Crippen LogP) is 3.69. The van der Waals surface area contributed by atoms with E-state index < -0.39 is 29.2 Å². The van der Waals surface area contributed by atoms with Crippen LogP contribution in [0.2, 0.25) is 5.02 Å². The number of carbonyl (C=O) groups is 2. The van der Waals surface area contributed by atoms with E-state index in [0.717, 1.165) is 37.9 Å². The topological polar surface area (TPSA) is 64.7 Å². The number of amides is 2. The van der Waals surface area contributed by atoms with Gasteiger partial charge in [-0.1, -0.05) is 11.6 Å². The van der Waals surface area contributed by atoms with E-state index in [1.165, 1.54) is 6.07 Å². The Balaban J connectivity index is 1.63. The lowest BCUT2D eigenvalue weighted by molar-refractivity contribution is -0.137. The molecule has 0 bridgehead atoms. The number of alkyl halides is 3. The average Bonchev–Trinajstić information content (AvgIpc) is 2.69. The van der Waals surface area contributed by atoms with Crippen LogP contribution in [0, 0.1) is 0 Å². The number of rotatable bonds is 3. The number of halogens is 4. The molecule has 160 valence electrons. The van der Waals surface area contributed by atoms with Gasteiger partial charge in [-0.3, -0.25) is 9.59 Å². The highest BCUT2D eigenvalue weighted by Gasteiger charge is 2.34. The maximum atomic E-state index is 13.1. The number of piperazine rings is 1. The number of nitrogens with zero attached hydrogens (tertiary/aromatic N) is 2. The van der Waals surface area contributed by atoms with Crippen molar-refractivity contribution in [3.63, 3.8) is 0 Å². The molecule has 2 aromatic rings. The Morgan fingerprint density at radius 1 is 0.933 bits per heavy atom. The lowest BCUT2D eigenvalue weighted by Gasteiger charge is -2.34. The average molecular weight is 441 g/mol. The van der Waals surface area contributed by atoms with Crippen molar-refractivity contribution in [3.05, 3.63) is 53.1 Å². The van der Waals surface area contributed by atoms with Gasteiger partial charge in [0.2, 0.25) is 0 Å². The molecule has 1 aliphatic heterocycles. The highest BCUT2D eigenvalue weighted by atomic mass is 35.5. The van der Waals surface area contributed by atoms with Gasteiger partial charge in [-0.05, 0) is 49.5 Å².